The van der Waals surface area contributed by atoms with Crippen LogP contribution in [0.4, 0.5) is 0 Å². The third-order valence-electron chi connectivity index (χ3n) is 3.71. The molecule has 1 aromatic rings. The van der Waals surface area contributed by atoms with E-state index < -0.39 is 0 Å². The summed E-state index contributed by atoms with van der Waals surface area (Å²) in [5.41, 5.74) is 4.53. The standard InChI is InChI=1S/C17H26N4O2S/c1-12(14-7-6-8-24-14)20-23-11-15(22)19-18-13-9-16(2,3)21-17(4,5)10-13/h6-8,21H,9-11H2,1-5H3,(H,19,22)/p+1/b20-12-. The molecule has 7 heteroatoms. The molecule has 1 aromatic heterocycles. The minimum absolute atomic E-state index is 0.0872. The van der Waals surface area contributed by atoms with Crippen LogP contribution in [0.5, 0.6) is 0 Å². The van der Waals surface area contributed by atoms with Gasteiger partial charge >= 0.3 is 0 Å². The Kier molecular flexibility index (Phi) is 5.77. The molecule has 24 heavy (non-hydrogen) atoms. The Morgan fingerprint density at radius 2 is 2.00 bits per heavy atom. The second-order valence-corrected chi connectivity index (χ2v) is 8.56. The molecule has 1 aliphatic heterocycles. The number of nitrogens with two attached hydrogens (primary N) is 1. The minimum atomic E-state index is -0.296. The zero-order valence-electron chi connectivity index (χ0n) is 15.0. The van der Waals surface area contributed by atoms with E-state index in [9.17, 15) is 4.79 Å². The molecule has 0 saturated carbocycles. The van der Waals surface area contributed by atoms with Gasteiger partial charge in [0.05, 0.1) is 27.4 Å². The number of rotatable bonds is 5. The molecule has 0 spiro atoms. The molecule has 0 unspecified atom stereocenters. The fraction of sp³-hybridized carbons (Fsp3) is 0.588. The lowest BCUT2D eigenvalue weighted by molar-refractivity contribution is -0.780. The maximum Gasteiger partial charge on any atom is 0.280 e. The van der Waals surface area contributed by atoms with Crippen LogP contribution in [0.25, 0.3) is 0 Å². The van der Waals surface area contributed by atoms with Crippen LogP contribution in [-0.2, 0) is 9.63 Å². The van der Waals surface area contributed by atoms with Crippen LogP contribution in [0.2, 0.25) is 0 Å². The Morgan fingerprint density at radius 1 is 1.33 bits per heavy atom. The van der Waals surface area contributed by atoms with Crippen molar-refractivity contribution < 1.29 is 14.9 Å². The number of carbonyl (C=O) groups excluding carboxylic acids is 1. The summed E-state index contributed by atoms with van der Waals surface area (Å²) in [6.07, 6.45) is 1.71. The predicted molar refractivity (Wildman–Crippen MR) is 97.4 cm³/mol. The molecule has 0 atom stereocenters. The highest BCUT2D eigenvalue weighted by atomic mass is 32.1. The smallest absolute Gasteiger partial charge is 0.280 e. The van der Waals surface area contributed by atoms with Crippen molar-refractivity contribution in [3.63, 3.8) is 0 Å². The number of amides is 1. The zero-order chi connectivity index (χ0) is 17.8. The fourth-order valence-corrected chi connectivity index (χ4v) is 3.91. The van der Waals surface area contributed by atoms with E-state index in [0.717, 1.165) is 29.1 Å². The van der Waals surface area contributed by atoms with Crippen molar-refractivity contribution in [2.45, 2.75) is 58.5 Å². The minimum Gasteiger partial charge on any atom is -0.385 e. The molecule has 2 rings (SSSR count). The molecule has 3 N–H and O–H groups in total. The van der Waals surface area contributed by atoms with Gasteiger partial charge in [-0.2, -0.15) is 5.10 Å². The first-order valence-electron chi connectivity index (χ1n) is 8.09. The largest absolute Gasteiger partial charge is 0.385 e. The van der Waals surface area contributed by atoms with Crippen LogP contribution in [0.3, 0.4) is 0 Å². The van der Waals surface area contributed by atoms with Gasteiger partial charge in [-0.15, -0.1) is 11.3 Å². The fourth-order valence-electron chi connectivity index (χ4n) is 3.24. The van der Waals surface area contributed by atoms with E-state index in [2.05, 4.69) is 48.7 Å². The SMILES string of the molecule is C/C(=N/OCC(=O)NN=C1CC(C)(C)[NH2+]C(C)(C)C1)c1cccs1. The number of hydrazone groups is 1. The Morgan fingerprint density at radius 3 is 2.58 bits per heavy atom. The lowest BCUT2D eigenvalue weighted by atomic mass is 9.81. The molecule has 6 nitrogen and oxygen atoms in total. The van der Waals surface area contributed by atoms with Gasteiger partial charge in [-0.1, -0.05) is 11.2 Å². The van der Waals surface area contributed by atoms with Crippen molar-refractivity contribution in [2.24, 2.45) is 10.3 Å². The Bertz CT molecular complexity index is 615. The van der Waals surface area contributed by atoms with Gasteiger partial charge in [-0.05, 0) is 46.1 Å². The first-order chi connectivity index (χ1) is 11.2. The number of oxime groups is 1. The van der Waals surface area contributed by atoms with E-state index in [-0.39, 0.29) is 23.6 Å². The summed E-state index contributed by atoms with van der Waals surface area (Å²) >= 11 is 1.58. The van der Waals surface area contributed by atoms with Crippen molar-refractivity contribution in [2.75, 3.05) is 6.61 Å². The maximum atomic E-state index is 11.9. The number of nitrogens with zero attached hydrogens (tertiary/aromatic N) is 2. The zero-order valence-corrected chi connectivity index (χ0v) is 15.9. The molecule has 2 heterocycles. The molecule has 0 bridgehead atoms. The molecule has 1 aliphatic rings. The van der Waals surface area contributed by atoms with E-state index in [4.69, 9.17) is 4.84 Å². The van der Waals surface area contributed by atoms with Crippen LogP contribution in [0.15, 0.2) is 27.8 Å². The van der Waals surface area contributed by atoms with Crippen LogP contribution >= 0.6 is 11.3 Å². The van der Waals surface area contributed by atoms with Crippen LogP contribution in [-0.4, -0.2) is 35.0 Å². The van der Waals surface area contributed by atoms with Crippen molar-refractivity contribution in [1.29, 1.82) is 0 Å². The lowest BCUT2D eigenvalue weighted by Crippen LogP contribution is -3.05. The number of thiophene rings is 1. The van der Waals surface area contributed by atoms with E-state index >= 15 is 0 Å². The molecule has 0 aliphatic carbocycles. The quantitative estimate of drug-likeness (QED) is 0.627. The molecule has 1 fully saturated rings. The van der Waals surface area contributed by atoms with Crippen LogP contribution in [0.1, 0.15) is 52.3 Å². The van der Waals surface area contributed by atoms with Crippen molar-refractivity contribution in [3.8, 4) is 0 Å². The summed E-state index contributed by atoms with van der Waals surface area (Å²) in [6, 6.07) is 3.91. The van der Waals surface area contributed by atoms with Gasteiger partial charge in [-0.3, -0.25) is 4.79 Å². The normalized spacial score (nSPS) is 19.7. The number of quaternary nitrogens is 1. The Labute approximate surface area is 147 Å². The highest BCUT2D eigenvalue weighted by molar-refractivity contribution is 7.12. The van der Waals surface area contributed by atoms with Crippen molar-refractivity contribution in [3.05, 3.63) is 22.4 Å². The molecule has 1 amide bonds. The third kappa shape index (κ3) is 5.72. The second kappa shape index (κ2) is 7.44. The number of hydrogen-bond donors (Lipinski definition) is 2. The van der Waals surface area contributed by atoms with Crippen molar-refractivity contribution >= 4 is 28.7 Å². The van der Waals surface area contributed by atoms with E-state index in [1.54, 1.807) is 11.3 Å². The molecule has 0 aromatic carbocycles. The Hall–Kier alpha value is -1.73. The Balaban J connectivity index is 1.83. The topological polar surface area (TPSA) is 79.7 Å². The number of nitrogens with one attached hydrogen (secondary N) is 1. The number of hydrogen-bond acceptors (Lipinski definition) is 5. The monoisotopic (exact) mass is 351 g/mol. The average Bonchev–Trinajstić information content (AvgIpc) is 2.96. The molecular weight excluding hydrogens is 324 g/mol. The van der Waals surface area contributed by atoms with Gasteiger partial charge in [0.2, 0.25) is 0 Å². The van der Waals surface area contributed by atoms with Crippen LogP contribution < -0.4 is 10.7 Å². The molecule has 0 radical (unpaired) electrons. The molecule has 1 saturated heterocycles. The summed E-state index contributed by atoms with van der Waals surface area (Å²) in [7, 11) is 0. The van der Waals surface area contributed by atoms with Gasteiger partial charge in [-0.25, -0.2) is 5.43 Å². The van der Waals surface area contributed by atoms with Gasteiger partial charge in [0.25, 0.3) is 5.91 Å². The van der Waals surface area contributed by atoms with Gasteiger partial charge < -0.3 is 10.2 Å². The van der Waals surface area contributed by atoms with E-state index in [1.807, 2.05) is 24.4 Å². The first-order valence-corrected chi connectivity index (χ1v) is 8.97. The number of piperidine rings is 1. The second-order valence-electron chi connectivity index (χ2n) is 7.62. The average molecular weight is 351 g/mol. The summed E-state index contributed by atoms with van der Waals surface area (Å²) in [5, 5.41) is 12.6. The lowest BCUT2D eigenvalue weighted by Gasteiger charge is -2.39. The summed E-state index contributed by atoms with van der Waals surface area (Å²) < 4.78 is 0. The highest BCUT2D eigenvalue weighted by Crippen LogP contribution is 2.19. The van der Waals surface area contributed by atoms with Crippen molar-refractivity contribution in [1.82, 2.24) is 5.43 Å². The van der Waals surface area contributed by atoms with Gasteiger partial charge in [0, 0.05) is 12.8 Å². The first kappa shape index (κ1) is 18.6. The van der Waals surface area contributed by atoms with Gasteiger partial charge in [0.1, 0.15) is 0 Å². The van der Waals surface area contributed by atoms with E-state index in [1.165, 1.54) is 0 Å². The summed E-state index contributed by atoms with van der Waals surface area (Å²) in [5.74, 6) is -0.296. The van der Waals surface area contributed by atoms with Gasteiger partial charge in [0.15, 0.2) is 6.61 Å². The summed E-state index contributed by atoms with van der Waals surface area (Å²) in [6.45, 7) is 10.5. The van der Waals surface area contributed by atoms with Crippen LogP contribution in [0, 0.1) is 0 Å². The molecule has 132 valence electrons. The predicted octanol–water partition coefficient (Wildman–Crippen LogP) is 1.88. The van der Waals surface area contributed by atoms with E-state index in [0.29, 0.717) is 0 Å². The maximum absolute atomic E-state index is 11.9. The third-order valence-corrected chi connectivity index (χ3v) is 4.69. The number of carbonyl (C=O) groups is 1. The summed E-state index contributed by atoms with van der Waals surface area (Å²) in [4.78, 5) is 18.0. The molecular formula is C17H27N4O2S+. The highest BCUT2D eigenvalue weighted by Gasteiger charge is 2.39.